The first-order valence-electron chi connectivity index (χ1n) is 13.2. The van der Waals surface area contributed by atoms with Crippen LogP contribution in [0.5, 0.6) is 0 Å². The molecule has 1 N–H and O–H groups in total. The first kappa shape index (κ1) is 26.7. The Morgan fingerprint density at radius 3 is 2.47 bits per heavy atom. The summed E-state index contributed by atoms with van der Waals surface area (Å²) >= 11 is 0. The maximum absolute atomic E-state index is 14.3. The van der Waals surface area contributed by atoms with Crippen LogP contribution in [0.3, 0.4) is 0 Å². The quantitative estimate of drug-likeness (QED) is 0.353. The van der Waals surface area contributed by atoms with Gasteiger partial charge in [-0.2, -0.15) is 0 Å². The Morgan fingerprint density at radius 2 is 1.87 bits per heavy atom. The number of ketones is 1. The molecule has 1 saturated heterocycles. The summed E-state index contributed by atoms with van der Waals surface area (Å²) in [4.78, 5) is 52.1. The molecule has 5 rings (SSSR count). The van der Waals surface area contributed by atoms with Crippen molar-refractivity contribution < 1.29 is 42.9 Å². The van der Waals surface area contributed by atoms with Crippen LogP contribution in [0.25, 0.3) is 0 Å². The van der Waals surface area contributed by atoms with Crippen molar-refractivity contribution in [3.63, 3.8) is 0 Å². The maximum atomic E-state index is 14.3. The summed E-state index contributed by atoms with van der Waals surface area (Å²) in [7, 11) is 1.30. The number of aliphatic hydroxyl groups is 1. The third kappa shape index (κ3) is 3.46. The highest BCUT2D eigenvalue weighted by atomic mass is 16.6. The van der Waals surface area contributed by atoms with Crippen LogP contribution in [-0.4, -0.2) is 47.6 Å². The number of hydrogen-bond donors (Lipinski definition) is 1. The zero-order valence-electron chi connectivity index (χ0n) is 22.7. The molecule has 4 aliphatic rings. The predicted molar refractivity (Wildman–Crippen MR) is 132 cm³/mol. The molecule has 9 heteroatoms. The Kier molecular flexibility index (Phi) is 5.98. The lowest BCUT2D eigenvalue weighted by atomic mass is 9.39. The van der Waals surface area contributed by atoms with Crippen LogP contribution in [-0.2, 0) is 33.4 Å². The van der Waals surface area contributed by atoms with Crippen molar-refractivity contribution in [2.75, 3.05) is 7.11 Å². The molecule has 9 nitrogen and oxygen atoms in total. The van der Waals surface area contributed by atoms with Gasteiger partial charge in [-0.25, -0.2) is 0 Å². The fourth-order valence-corrected chi connectivity index (χ4v) is 8.45. The molecule has 0 aromatic carbocycles. The largest absolute Gasteiger partial charge is 0.472 e. The summed E-state index contributed by atoms with van der Waals surface area (Å²) in [5.41, 5.74) is -3.22. The average molecular weight is 529 g/mol. The van der Waals surface area contributed by atoms with E-state index in [2.05, 4.69) is 6.92 Å². The highest BCUT2D eigenvalue weighted by Gasteiger charge is 2.73. The van der Waals surface area contributed by atoms with Gasteiger partial charge in [-0.1, -0.05) is 33.3 Å². The van der Waals surface area contributed by atoms with Gasteiger partial charge in [-0.3, -0.25) is 19.2 Å². The lowest BCUT2D eigenvalue weighted by molar-refractivity contribution is -0.224. The van der Waals surface area contributed by atoms with Crippen LogP contribution in [0.4, 0.5) is 0 Å². The summed E-state index contributed by atoms with van der Waals surface area (Å²) in [5.74, 6) is -3.22. The molecule has 5 unspecified atom stereocenters. The number of methoxy groups -OCH3 is 1. The summed E-state index contributed by atoms with van der Waals surface area (Å²) in [6, 6.07) is 1.78. The predicted octanol–water partition coefficient (Wildman–Crippen LogP) is 3.70. The molecule has 1 aliphatic heterocycles. The molecule has 0 radical (unpaired) electrons. The molecule has 38 heavy (non-hydrogen) atoms. The van der Waals surface area contributed by atoms with Crippen molar-refractivity contribution in [2.24, 2.45) is 34.0 Å². The Morgan fingerprint density at radius 1 is 1.16 bits per heavy atom. The van der Waals surface area contributed by atoms with E-state index in [0.717, 1.165) is 11.1 Å². The number of fused-ring (bicyclic) bond motifs is 6. The summed E-state index contributed by atoms with van der Waals surface area (Å²) in [6.45, 7) is 8.76. The number of allylic oxidation sites excluding steroid dienone is 1. The van der Waals surface area contributed by atoms with Gasteiger partial charge < -0.3 is 23.7 Å². The number of Topliss-reactive ketones (excluding diaryl/α,β-unsaturated/α-hetero) is 1. The summed E-state index contributed by atoms with van der Waals surface area (Å²) < 4.78 is 21.8. The Balaban J connectivity index is 1.71. The van der Waals surface area contributed by atoms with Gasteiger partial charge in [-0.15, -0.1) is 0 Å². The number of cyclic esters (lactones) is 1. The third-order valence-corrected chi connectivity index (χ3v) is 10.2. The molecule has 0 spiro atoms. The van der Waals surface area contributed by atoms with Gasteiger partial charge in [0.15, 0.2) is 11.4 Å². The van der Waals surface area contributed by atoms with Crippen LogP contribution in [0.2, 0.25) is 0 Å². The van der Waals surface area contributed by atoms with E-state index < -0.39 is 57.7 Å². The molecule has 1 aromatic rings. The topological polar surface area (TPSA) is 129 Å². The van der Waals surface area contributed by atoms with E-state index in [9.17, 15) is 24.3 Å². The zero-order chi connectivity index (χ0) is 27.8. The minimum Gasteiger partial charge on any atom is -0.472 e. The Bertz CT molecular complexity index is 1210. The lowest BCUT2D eigenvalue weighted by Gasteiger charge is -2.65. The number of hydrogen-bond acceptors (Lipinski definition) is 9. The second-order valence-corrected chi connectivity index (χ2v) is 12.5. The molecule has 0 amide bonds. The highest BCUT2D eigenvalue weighted by molar-refractivity contribution is 5.99. The Labute approximate surface area is 221 Å². The molecular formula is C29H36O9. The monoisotopic (exact) mass is 528 g/mol. The molecule has 1 aromatic heterocycles. The van der Waals surface area contributed by atoms with Crippen molar-refractivity contribution in [1.82, 2.24) is 0 Å². The number of esters is 3. The second kappa shape index (κ2) is 8.53. The second-order valence-electron chi connectivity index (χ2n) is 12.5. The number of carbonyl (C=O) groups is 4. The standard InChI is InChI=1S/C29H36O9/c1-15(30)37-25-26(2,3)20(12-21(31)35-6)28(5)18-7-9-27(4)19(17(18)13-29(25,34)24(28)33)11-22(32)38-23(27)16-8-10-36-14-16/h8,10,13-14,18-20,23,25,34H,7,9,11-12H2,1-6H3/t18?,19?,20?,23?,25?,27-,28-,29-/m1/s1. The van der Waals surface area contributed by atoms with Crippen LogP contribution in [0, 0.1) is 34.0 Å². The van der Waals surface area contributed by atoms with E-state index in [1.54, 1.807) is 18.4 Å². The summed E-state index contributed by atoms with van der Waals surface area (Å²) in [5, 5.41) is 12.2. The maximum Gasteiger partial charge on any atom is 0.307 e. The van der Waals surface area contributed by atoms with Crippen molar-refractivity contribution in [1.29, 1.82) is 0 Å². The van der Waals surface area contributed by atoms with E-state index in [-0.39, 0.29) is 30.6 Å². The molecule has 2 saturated carbocycles. The zero-order valence-corrected chi connectivity index (χ0v) is 22.7. The molecule has 3 fully saturated rings. The minimum atomic E-state index is -2.12. The molecular weight excluding hydrogens is 492 g/mol. The lowest BCUT2D eigenvalue weighted by Crippen LogP contribution is -2.74. The number of carbonyl (C=O) groups excluding carboxylic acids is 4. The van der Waals surface area contributed by atoms with Gasteiger partial charge in [-0.05, 0) is 42.7 Å². The SMILES string of the molecule is COC(=O)CC1C(C)(C)C(OC(C)=O)[C@@]2(O)C=C3C4CC(=O)OC(c5ccoc5)[C@]4(C)CCC3[C@@]1(C)C2=O. The smallest absolute Gasteiger partial charge is 0.307 e. The van der Waals surface area contributed by atoms with Crippen LogP contribution < -0.4 is 0 Å². The fourth-order valence-electron chi connectivity index (χ4n) is 8.45. The Hall–Kier alpha value is -2.94. The highest BCUT2D eigenvalue weighted by Crippen LogP contribution is 2.68. The molecule has 3 aliphatic carbocycles. The number of ether oxygens (including phenoxy) is 3. The normalized spacial score (nSPS) is 41.2. The number of rotatable bonds is 4. The van der Waals surface area contributed by atoms with Crippen molar-refractivity contribution in [3.8, 4) is 0 Å². The van der Waals surface area contributed by atoms with Gasteiger partial charge in [0.05, 0.1) is 26.1 Å². The van der Waals surface area contributed by atoms with Crippen molar-refractivity contribution in [3.05, 3.63) is 35.8 Å². The van der Waals surface area contributed by atoms with E-state index in [4.69, 9.17) is 18.6 Å². The number of furan rings is 1. The van der Waals surface area contributed by atoms with Crippen molar-refractivity contribution >= 4 is 23.7 Å². The summed E-state index contributed by atoms with van der Waals surface area (Å²) in [6.07, 6.45) is 4.16. The van der Waals surface area contributed by atoms with Crippen LogP contribution in [0.15, 0.2) is 34.7 Å². The van der Waals surface area contributed by atoms with E-state index in [1.807, 2.05) is 20.8 Å². The van der Waals surface area contributed by atoms with E-state index in [0.29, 0.717) is 12.8 Å². The van der Waals surface area contributed by atoms with Crippen LogP contribution >= 0.6 is 0 Å². The van der Waals surface area contributed by atoms with Crippen molar-refractivity contribution in [2.45, 2.75) is 78.1 Å². The van der Waals surface area contributed by atoms with Gasteiger partial charge >= 0.3 is 17.9 Å². The molecule has 2 bridgehead atoms. The third-order valence-electron chi connectivity index (χ3n) is 10.2. The van der Waals surface area contributed by atoms with Crippen LogP contribution in [0.1, 0.15) is 72.0 Å². The fraction of sp³-hybridized carbons (Fsp3) is 0.655. The first-order valence-corrected chi connectivity index (χ1v) is 13.2. The molecule has 206 valence electrons. The molecule has 2 heterocycles. The van der Waals surface area contributed by atoms with Gasteiger partial charge in [0.25, 0.3) is 0 Å². The molecule has 8 atom stereocenters. The van der Waals surface area contributed by atoms with Gasteiger partial charge in [0.2, 0.25) is 0 Å². The first-order chi connectivity index (χ1) is 17.7. The average Bonchev–Trinajstić information content (AvgIpc) is 3.38. The minimum absolute atomic E-state index is 0.0784. The van der Waals surface area contributed by atoms with E-state index >= 15 is 0 Å². The van der Waals surface area contributed by atoms with Gasteiger partial charge in [0, 0.05) is 35.2 Å². The van der Waals surface area contributed by atoms with E-state index in [1.165, 1.54) is 20.3 Å². The van der Waals surface area contributed by atoms with Gasteiger partial charge in [0.1, 0.15) is 12.2 Å².